The number of allylic oxidation sites excluding steroid dienone is 2. The third-order valence-corrected chi connectivity index (χ3v) is 4.18. The van der Waals surface area contributed by atoms with Crippen LogP contribution in [-0.2, 0) is 6.42 Å². The molecule has 0 aliphatic carbocycles. The fourth-order valence-corrected chi connectivity index (χ4v) is 3.22. The monoisotopic (exact) mass is 210 g/mol. The number of benzene rings is 1. The van der Waals surface area contributed by atoms with Crippen LogP contribution in [0.5, 0.6) is 0 Å². The molecule has 0 fully saturated rings. The van der Waals surface area contributed by atoms with Crippen LogP contribution in [0.3, 0.4) is 0 Å². The molecule has 2 rings (SSSR count). The molecule has 1 heteroatoms. The number of fused-ring (bicyclic) bond motifs is 1. The molecule has 1 aromatic rings. The summed E-state index contributed by atoms with van der Waals surface area (Å²) >= 11 is 0.606. The molecule has 0 bridgehead atoms. The van der Waals surface area contributed by atoms with E-state index in [1.807, 2.05) is 0 Å². The van der Waals surface area contributed by atoms with Gasteiger partial charge in [0.15, 0.2) is 0 Å². The summed E-state index contributed by atoms with van der Waals surface area (Å²) in [7, 11) is 0. The topological polar surface area (TPSA) is 0 Å². The maximum atomic E-state index is 2.35. The number of rotatable bonds is 0. The normalized spacial score (nSPS) is 15.5. The van der Waals surface area contributed by atoms with Crippen molar-refractivity contribution in [1.29, 1.82) is 0 Å². The van der Waals surface area contributed by atoms with Crippen molar-refractivity contribution in [1.82, 2.24) is 0 Å². The van der Waals surface area contributed by atoms with Gasteiger partial charge in [0.05, 0.1) is 0 Å². The zero-order chi connectivity index (χ0) is 7.68. The molecule has 56 valence electrons. The van der Waals surface area contributed by atoms with Gasteiger partial charge in [0.25, 0.3) is 0 Å². The molecule has 0 saturated heterocycles. The second-order valence-electron chi connectivity index (χ2n) is 2.73. The van der Waals surface area contributed by atoms with E-state index < -0.39 is 0 Å². The summed E-state index contributed by atoms with van der Waals surface area (Å²) in [5.74, 6) is 0. The Morgan fingerprint density at radius 2 is 2.09 bits per heavy atom. The molecule has 0 amide bonds. The molecule has 0 spiro atoms. The van der Waals surface area contributed by atoms with Crippen LogP contribution < -0.4 is 4.46 Å². The summed E-state index contributed by atoms with van der Waals surface area (Å²) in [4.78, 5) is 0. The molecule has 1 aliphatic heterocycles. The summed E-state index contributed by atoms with van der Waals surface area (Å²) in [5.41, 5.74) is 1.53. The van der Waals surface area contributed by atoms with Crippen molar-refractivity contribution >= 4 is 19.4 Å². The first kappa shape index (κ1) is 7.15. The Morgan fingerprint density at radius 1 is 1.27 bits per heavy atom. The average molecular weight is 209 g/mol. The third kappa shape index (κ3) is 1.40. The fourth-order valence-electron chi connectivity index (χ4n) is 1.24. The Bertz CT molecular complexity index is 299. The van der Waals surface area contributed by atoms with E-state index in [0.29, 0.717) is 15.0 Å². The average Bonchev–Trinajstić information content (AvgIpc) is 2.04. The fraction of sp³-hybridized carbons (Fsp3) is 0.200. The zero-order valence-corrected chi connectivity index (χ0v) is 8.22. The number of hydrogen-bond donors (Lipinski definition) is 0. The van der Waals surface area contributed by atoms with Gasteiger partial charge in [0.2, 0.25) is 0 Å². The van der Waals surface area contributed by atoms with E-state index in [-0.39, 0.29) is 0 Å². The second kappa shape index (κ2) is 2.84. The van der Waals surface area contributed by atoms with Gasteiger partial charge in [-0.25, -0.2) is 0 Å². The SMILES string of the molecule is CC1=CCc2ccccc2[Se]1. The Labute approximate surface area is 73.5 Å². The van der Waals surface area contributed by atoms with Crippen molar-refractivity contribution in [3.63, 3.8) is 0 Å². The molecule has 0 saturated carbocycles. The molecule has 0 radical (unpaired) electrons. The van der Waals surface area contributed by atoms with Crippen molar-refractivity contribution < 1.29 is 0 Å². The molecule has 0 atom stereocenters. The van der Waals surface area contributed by atoms with Crippen LogP contribution in [-0.4, -0.2) is 15.0 Å². The van der Waals surface area contributed by atoms with Gasteiger partial charge in [-0.05, 0) is 0 Å². The Balaban J connectivity index is 2.42. The van der Waals surface area contributed by atoms with Gasteiger partial charge in [0.1, 0.15) is 0 Å². The first-order chi connectivity index (χ1) is 5.36. The molecule has 1 aliphatic rings. The molecule has 0 N–H and O–H groups in total. The van der Waals surface area contributed by atoms with Gasteiger partial charge in [-0.1, -0.05) is 0 Å². The first-order valence-electron chi connectivity index (χ1n) is 3.79. The zero-order valence-electron chi connectivity index (χ0n) is 6.50. The quantitative estimate of drug-likeness (QED) is 0.568. The maximum absolute atomic E-state index is 2.35. The van der Waals surface area contributed by atoms with Crippen LogP contribution in [0.1, 0.15) is 12.5 Å². The van der Waals surface area contributed by atoms with Crippen molar-refractivity contribution in [2.75, 3.05) is 0 Å². The second-order valence-corrected chi connectivity index (χ2v) is 5.43. The minimum atomic E-state index is 0.606. The van der Waals surface area contributed by atoms with Crippen LogP contribution >= 0.6 is 0 Å². The van der Waals surface area contributed by atoms with E-state index in [1.165, 1.54) is 5.56 Å². The van der Waals surface area contributed by atoms with Crippen LogP contribution in [0, 0.1) is 0 Å². The van der Waals surface area contributed by atoms with Gasteiger partial charge in [-0.2, -0.15) is 0 Å². The van der Waals surface area contributed by atoms with Crippen molar-refractivity contribution in [3.8, 4) is 0 Å². The molecule has 1 heterocycles. The Hall–Kier alpha value is -0.521. The summed E-state index contributed by atoms with van der Waals surface area (Å²) in [6.45, 7) is 2.23. The number of hydrogen-bond acceptors (Lipinski definition) is 0. The predicted octanol–water partition coefficient (Wildman–Crippen LogP) is 1.48. The van der Waals surface area contributed by atoms with E-state index in [9.17, 15) is 0 Å². The molecule has 0 aromatic heterocycles. The van der Waals surface area contributed by atoms with E-state index in [0.717, 1.165) is 6.42 Å². The summed E-state index contributed by atoms with van der Waals surface area (Å²) in [6, 6.07) is 8.76. The van der Waals surface area contributed by atoms with Crippen LogP contribution in [0.4, 0.5) is 0 Å². The van der Waals surface area contributed by atoms with Crippen LogP contribution in [0.25, 0.3) is 0 Å². The molecule has 0 unspecified atom stereocenters. The van der Waals surface area contributed by atoms with E-state index in [2.05, 4.69) is 37.3 Å². The molecule has 1 aromatic carbocycles. The first-order valence-corrected chi connectivity index (χ1v) is 5.50. The van der Waals surface area contributed by atoms with Gasteiger partial charge in [-0.15, -0.1) is 0 Å². The van der Waals surface area contributed by atoms with Gasteiger partial charge in [0, 0.05) is 0 Å². The van der Waals surface area contributed by atoms with Crippen molar-refractivity contribution in [2.24, 2.45) is 0 Å². The molecule has 0 nitrogen and oxygen atoms in total. The summed E-state index contributed by atoms with van der Waals surface area (Å²) in [6.07, 6.45) is 3.49. The van der Waals surface area contributed by atoms with Crippen molar-refractivity contribution in [3.05, 3.63) is 40.4 Å². The Kier molecular flexibility index (Phi) is 1.85. The van der Waals surface area contributed by atoms with Gasteiger partial charge in [-0.3, -0.25) is 0 Å². The summed E-state index contributed by atoms with van der Waals surface area (Å²) < 4.78 is 3.14. The van der Waals surface area contributed by atoms with Crippen molar-refractivity contribution in [2.45, 2.75) is 13.3 Å². The van der Waals surface area contributed by atoms with E-state index in [1.54, 1.807) is 8.93 Å². The third-order valence-electron chi connectivity index (χ3n) is 1.85. The standard InChI is InChI=1S/C10H10Se/c1-8-6-7-9-4-2-3-5-10(9)11-8/h2-6H,7H2,1H3. The van der Waals surface area contributed by atoms with Gasteiger partial charge >= 0.3 is 73.1 Å². The molecule has 11 heavy (non-hydrogen) atoms. The molecular weight excluding hydrogens is 199 g/mol. The van der Waals surface area contributed by atoms with E-state index >= 15 is 0 Å². The van der Waals surface area contributed by atoms with Crippen LogP contribution in [0.2, 0.25) is 0 Å². The molecular formula is C10H10Se. The predicted molar refractivity (Wildman–Crippen MR) is 49.3 cm³/mol. The van der Waals surface area contributed by atoms with E-state index in [4.69, 9.17) is 0 Å². The summed E-state index contributed by atoms with van der Waals surface area (Å²) in [5, 5.41) is 0. The van der Waals surface area contributed by atoms with Crippen LogP contribution in [0.15, 0.2) is 34.8 Å². The minimum absolute atomic E-state index is 0.606. The van der Waals surface area contributed by atoms with Gasteiger partial charge < -0.3 is 0 Å². The Morgan fingerprint density at radius 3 is 3.00 bits per heavy atom.